The van der Waals surface area contributed by atoms with Crippen molar-refractivity contribution in [3.8, 4) is 0 Å². The highest BCUT2D eigenvalue weighted by Crippen LogP contribution is 2.01. The van der Waals surface area contributed by atoms with Crippen molar-refractivity contribution < 1.29 is 5.11 Å². The van der Waals surface area contributed by atoms with E-state index in [1.54, 1.807) is 0 Å². The molecule has 8 heavy (non-hydrogen) atoms. The molecular weight excluding hydrogens is 100 g/mol. The first-order chi connectivity index (χ1) is 3.81. The Bertz CT molecular complexity index is 37.7. The molecule has 49 valence electrons. The van der Waals surface area contributed by atoms with Crippen LogP contribution < -0.4 is 0 Å². The molecule has 0 bridgehead atoms. The third-order valence-electron chi connectivity index (χ3n) is 1.13. The van der Waals surface area contributed by atoms with Crippen LogP contribution in [0.5, 0.6) is 0 Å². The molecule has 0 aliphatic carbocycles. The van der Waals surface area contributed by atoms with Crippen LogP contribution >= 0.6 is 0 Å². The molecular formula is C7H15O. The van der Waals surface area contributed by atoms with Gasteiger partial charge < -0.3 is 5.11 Å². The maximum atomic E-state index is 9.02. The molecule has 0 aromatic heterocycles. The lowest BCUT2D eigenvalue weighted by Gasteiger charge is -2.04. The van der Waals surface area contributed by atoms with Crippen LogP contribution in [0, 0.1) is 6.42 Å². The van der Waals surface area contributed by atoms with Crippen molar-refractivity contribution in [3.05, 3.63) is 6.42 Å². The first-order valence-corrected chi connectivity index (χ1v) is 3.27. The summed E-state index contributed by atoms with van der Waals surface area (Å²) in [6.07, 6.45) is 4.76. The van der Waals surface area contributed by atoms with E-state index in [1.807, 2.05) is 13.3 Å². The smallest absolute Gasteiger partial charge is 0.0542 e. The molecule has 1 atom stereocenters. The van der Waals surface area contributed by atoms with Gasteiger partial charge in [-0.15, -0.1) is 0 Å². The predicted octanol–water partition coefficient (Wildman–Crippen LogP) is 1.76. The normalized spacial score (nSPS) is 10.5. The zero-order valence-electron chi connectivity index (χ0n) is 5.72. The monoisotopic (exact) mass is 115 g/mol. The minimum atomic E-state index is -0.0926. The molecule has 0 aromatic rings. The topological polar surface area (TPSA) is 20.2 Å². The summed E-state index contributed by atoms with van der Waals surface area (Å²) >= 11 is 0. The minimum Gasteiger partial charge on any atom is -0.393 e. The largest absolute Gasteiger partial charge is 0.393 e. The molecule has 0 amide bonds. The maximum absolute atomic E-state index is 9.02. The van der Waals surface area contributed by atoms with E-state index in [2.05, 4.69) is 6.92 Å². The fourth-order valence-corrected chi connectivity index (χ4v) is 0.723. The van der Waals surface area contributed by atoms with Crippen molar-refractivity contribution in [2.75, 3.05) is 0 Å². The minimum absolute atomic E-state index is 0.0926. The molecule has 0 heterocycles. The second-order valence-electron chi connectivity index (χ2n) is 2.09. The Kier molecular flexibility index (Phi) is 5.08. The van der Waals surface area contributed by atoms with Crippen molar-refractivity contribution in [3.63, 3.8) is 0 Å². The number of hydrogen-bond acceptors (Lipinski definition) is 1. The quantitative estimate of drug-likeness (QED) is 0.592. The zero-order valence-corrected chi connectivity index (χ0v) is 5.72. The molecule has 1 unspecified atom stereocenters. The summed E-state index contributed by atoms with van der Waals surface area (Å²) in [5.41, 5.74) is 0. The van der Waals surface area contributed by atoms with Gasteiger partial charge in [-0.05, 0) is 19.3 Å². The van der Waals surface area contributed by atoms with Gasteiger partial charge in [0.05, 0.1) is 6.10 Å². The van der Waals surface area contributed by atoms with Crippen LogP contribution in [0.25, 0.3) is 0 Å². The number of hydrogen-bond donors (Lipinski definition) is 1. The Hall–Kier alpha value is -0.0400. The number of aliphatic hydroxyl groups is 1. The van der Waals surface area contributed by atoms with Crippen molar-refractivity contribution in [2.45, 2.75) is 39.2 Å². The highest BCUT2D eigenvalue weighted by Gasteiger charge is 1.97. The van der Waals surface area contributed by atoms with Gasteiger partial charge >= 0.3 is 0 Å². The van der Waals surface area contributed by atoms with E-state index < -0.39 is 0 Å². The molecule has 0 rings (SSSR count). The standard InChI is InChI=1S/C7H15O/c1-3-5-7(8)6-4-2/h3,7-8H,4-6H2,1-2H3. The zero-order chi connectivity index (χ0) is 6.41. The van der Waals surface area contributed by atoms with Crippen LogP contribution in [0.2, 0.25) is 0 Å². The molecule has 1 nitrogen and oxygen atoms in total. The molecule has 0 aliphatic heterocycles. The summed E-state index contributed by atoms with van der Waals surface area (Å²) in [5, 5.41) is 9.02. The Morgan fingerprint density at radius 1 is 1.62 bits per heavy atom. The van der Waals surface area contributed by atoms with Gasteiger partial charge in [0.15, 0.2) is 0 Å². The molecule has 0 spiro atoms. The lowest BCUT2D eigenvalue weighted by molar-refractivity contribution is 0.163. The van der Waals surface area contributed by atoms with Crippen molar-refractivity contribution in [1.82, 2.24) is 0 Å². The van der Waals surface area contributed by atoms with E-state index in [1.165, 1.54) is 0 Å². The van der Waals surface area contributed by atoms with Gasteiger partial charge in [-0.25, -0.2) is 0 Å². The van der Waals surface area contributed by atoms with Gasteiger partial charge in [-0.3, -0.25) is 0 Å². The molecule has 1 radical (unpaired) electrons. The Morgan fingerprint density at radius 2 is 2.25 bits per heavy atom. The fourth-order valence-electron chi connectivity index (χ4n) is 0.723. The Labute approximate surface area is 51.7 Å². The van der Waals surface area contributed by atoms with E-state index >= 15 is 0 Å². The highest BCUT2D eigenvalue weighted by atomic mass is 16.3. The van der Waals surface area contributed by atoms with Crippen molar-refractivity contribution in [2.24, 2.45) is 0 Å². The molecule has 0 fully saturated rings. The molecule has 1 N–H and O–H groups in total. The van der Waals surface area contributed by atoms with Crippen LogP contribution in [0.4, 0.5) is 0 Å². The summed E-state index contributed by atoms with van der Waals surface area (Å²) in [7, 11) is 0. The van der Waals surface area contributed by atoms with E-state index in [-0.39, 0.29) is 6.10 Å². The van der Waals surface area contributed by atoms with Crippen LogP contribution in [-0.4, -0.2) is 11.2 Å². The van der Waals surface area contributed by atoms with Gasteiger partial charge in [-0.1, -0.05) is 20.3 Å². The fraction of sp³-hybridized carbons (Fsp3) is 0.857. The predicted molar refractivity (Wildman–Crippen MR) is 35.5 cm³/mol. The van der Waals surface area contributed by atoms with E-state index in [4.69, 9.17) is 5.11 Å². The third-order valence-corrected chi connectivity index (χ3v) is 1.13. The van der Waals surface area contributed by atoms with Gasteiger partial charge in [0.2, 0.25) is 0 Å². The average molecular weight is 115 g/mol. The maximum Gasteiger partial charge on any atom is 0.0542 e. The van der Waals surface area contributed by atoms with Crippen LogP contribution in [0.15, 0.2) is 0 Å². The van der Waals surface area contributed by atoms with Crippen LogP contribution in [-0.2, 0) is 0 Å². The van der Waals surface area contributed by atoms with E-state index in [0.29, 0.717) is 0 Å². The Morgan fingerprint density at radius 3 is 2.62 bits per heavy atom. The molecule has 0 aromatic carbocycles. The Balaban J connectivity index is 2.92. The first kappa shape index (κ1) is 7.96. The summed E-state index contributed by atoms with van der Waals surface area (Å²) < 4.78 is 0. The van der Waals surface area contributed by atoms with Crippen molar-refractivity contribution in [1.29, 1.82) is 0 Å². The third kappa shape index (κ3) is 4.13. The van der Waals surface area contributed by atoms with E-state index in [9.17, 15) is 0 Å². The second kappa shape index (κ2) is 5.10. The van der Waals surface area contributed by atoms with Crippen LogP contribution in [0.1, 0.15) is 33.1 Å². The SMILES string of the molecule is C[CH]CC(O)CCC. The average Bonchev–Trinajstić information content (AvgIpc) is 1.68. The summed E-state index contributed by atoms with van der Waals surface area (Å²) in [6, 6.07) is 0. The van der Waals surface area contributed by atoms with E-state index in [0.717, 1.165) is 19.3 Å². The summed E-state index contributed by atoms with van der Waals surface area (Å²) in [5.74, 6) is 0. The molecule has 1 heteroatoms. The highest BCUT2D eigenvalue weighted by molar-refractivity contribution is 4.63. The number of aliphatic hydroxyl groups excluding tert-OH is 1. The van der Waals surface area contributed by atoms with Gasteiger partial charge in [0.25, 0.3) is 0 Å². The number of rotatable bonds is 4. The molecule has 0 saturated carbocycles. The summed E-state index contributed by atoms with van der Waals surface area (Å²) in [4.78, 5) is 0. The molecule has 0 aliphatic rings. The second-order valence-corrected chi connectivity index (χ2v) is 2.09. The van der Waals surface area contributed by atoms with Gasteiger partial charge in [-0.2, -0.15) is 0 Å². The van der Waals surface area contributed by atoms with Gasteiger partial charge in [0.1, 0.15) is 0 Å². The lowest BCUT2D eigenvalue weighted by Crippen LogP contribution is -2.04. The van der Waals surface area contributed by atoms with Crippen molar-refractivity contribution >= 4 is 0 Å². The lowest BCUT2D eigenvalue weighted by atomic mass is 10.1. The first-order valence-electron chi connectivity index (χ1n) is 3.27. The summed E-state index contributed by atoms with van der Waals surface area (Å²) in [6.45, 7) is 4.05. The van der Waals surface area contributed by atoms with Crippen LogP contribution in [0.3, 0.4) is 0 Å². The molecule has 0 saturated heterocycles. The van der Waals surface area contributed by atoms with Gasteiger partial charge in [0, 0.05) is 0 Å².